The lowest BCUT2D eigenvalue weighted by molar-refractivity contribution is 0.867. The number of halogens is 3. The summed E-state index contributed by atoms with van der Waals surface area (Å²) in [4.78, 5) is 9.26. The molecule has 0 bridgehead atoms. The number of hydrogen-bond donors (Lipinski definition) is 1. The number of aryl methyl sites for hydroxylation is 1. The van der Waals surface area contributed by atoms with E-state index < -0.39 is 0 Å². The average Bonchev–Trinajstić information content (AvgIpc) is 2.43. The summed E-state index contributed by atoms with van der Waals surface area (Å²) < 4.78 is 1.87. The highest BCUT2D eigenvalue weighted by Crippen LogP contribution is 2.32. The number of hydrogen-bond acceptors (Lipinski definition) is 3. The van der Waals surface area contributed by atoms with Crippen LogP contribution in [0.2, 0.25) is 5.02 Å². The Kier molecular flexibility index (Phi) is 6.02. The van der Waals surface area contributed by atoms with E-state index in [-0.39, 0.29) is 0 Å². The van der Waals surface area contributed by atoms with Gasteiger partial charge < -0.3 is 5.32 Å². The van der Waals surface area contributed by atoms with Crippen molar-refractivity contribution in [3.8, 4) is 11.4 Å². The zero-order valence-electron chi connectivity index (χ0n) is 11.9. The SMILES string of the molecule is CCCc1nc(-c2ccc(Br)cc2Cl)nc(NCC)c1Br. The van der Waals surface area contributed by atoms with Crippen LogP contribution in [0.4, 0.5) is 5.82 Å². The standard InChI is InChI=1S/C15H16Br2ClN3/c1-3-5-12-13(17)15(19-4-2)21-14(20-12)10-7-6-9(16)8-11(10)18/h6-8H,3-5H2,1-2H3,(H,19,20,21). The third kappa shape index (κ3) is 3.96. The number of anilines is 1. The van der Waals surface area contributed by atoms with Crippen LogP contribution >= 0.6 is 43.5 Å². The van der Waals surface area contributed by atoms with Gasteiger partial charge in [0, 0.05) is 16.6 Å². The van der Waals surface area contributed by atoms with Gasteiger partial charge in [-0.25, -0.2) is 9.97 Å². The van der Waals surface area contributed by atoms with Gasteiger partial charge in [0.25, 0.3) is 0 Å². The maximum absolute atomic E-state index is 6.32. The molecule has 0 aliphatic carbocycles. The number of aromatic nitrogens is 2. The fraction of sp³-hybridized carbons (Fsp3) is 0.333. The molecule has 0 radical (unpaired) electrons. The van der Waals surface area contributed by atoms with Crippen LogP contribution in [0.25, 0.3) is 11.4 Å². The van der Waals surface area contributed by atoms with E-state index in [0.29, 0.717) is 10.8 Å². The molecule has 6 heteroatoms. The molecule has 21 heavy (non-hydrogen) atoms. The predicted octanol–water partition coefficient (Wildman–Crippen LogP) is 5.71. The molecule has 1 aromatic carbocycles. The van der Waals surface area contributed by atoms with Crippen LogP contribution < -0.4 is 5.32 Å². The summed E-state index contributed by atoms with van der Waals surface area (Å²) in [6, 6.07) is 5.73. The number of rotatable bonds is 5. The lowest BCUT2D eigenvalue weighted by Crippen LogP contribution is -2.06. The van der Waals surface area contributed by atoms with Crippen LogP contribution in [-0.4, -0.2) is 16.5 Å². The summed E-state index contributed by atoms with van der Waals surface area (Å²) >= 11 is 13.3. The van der Waals surface area contributed by atoms with Crippen LogP contribution in [-0.2, 0) is 6.42 Å². The van der Waals surface area contributed by atoms with Gasteiger partial charge in [-0.15, -0.1) is 0 Å². The lowest BCUT2D eigenvalue weighted by atomic mass is 10.2. The molecule has 0 fully saturated rings. The Morgan fingerprint density at radius 1 is 1.19 bits per heavy atom. The molecule has 0 aliphatic rings. The Hall–Kier alpha value is -0.650. The van der Waals surface area contributed by atoms with Gasteiger partial charge in [-0.2, -0.15) is 0 Å². The summed E-state index contributed by atoms with van der Waals surface area (Å²) in [6.45, 7) is 4.97. The van der Waals surface area contributed by atoms with Gasteiger partial charge in [0.05, 0.1) is 15.2 Å². The maximum atomic E-state index is 6.32. The van der Waals surface area contributed by atoms with E-state index >= 15 is 0 Å². The molecule has 0 saturated carbocycles. The minimum absolute atomic E-state index is 0.636. The van der Waals surface area contributed by atoms with Crippen molar-refractivity contribution >= 4 is 49.3 Å². The van der Waals surface area contributed by atoms with Crippen molar-refractivity contribution in [1.82, 2.24) is 9.97 Å². The van der Waals surface area contributed by atoms with Gasteiger partial charge in [0.2, 0.25) is 0 Å². The summed E-state index contributed by atoms with van der Waals surface area (Å²) in [5.41, 5.74) is 1.83. The largest absolute Gasteiger partial charge is 0.369 e. The molecule has 112 valence electrons. The first kappa shape index (κ1) is 16.7. The Labute approximate surface area is 146 Å². The van der Waals surface area contributed by atoms with Crippen molar-refractivity contribution < 1.29 is 0 Å². The molecule has 0 saturated heterocycles. The normalized spacial score (nSPS) is 10.7. The zero-order valence-corrected chi connectivity index (χ0v) is 15.8. The molecule has 3 nitrogen and oxygen atoms in total. The Morgan fingerprint density at radius 3 is 2.57 bits per heavy atom. The van der Waals surface area contributed by atoms with Crippen molar-refractivity contribution in [2.24, 2.45) is 0 Å². The van der Waals surface area contributed by atoms with Crippen molar-refractivity contribution in [2.75, 3.05) is 11.9 Å². The molecule has 0 spiro atoms. The van der Waals surface area contributed by atoms with E-state index in [9.17, 15) is 0 Å². The molecule has 0 amide bonds. The monoisotopic (exact) mass is 431 g/mol. The summed E-state index contributed by atoms with van der Waals surface area (Å²) in [5, 5.41) is 3.90. The van der Waals surface area contributed by atoms with Crippen molar-refractivity contribution in [3.05, 3.63) is 37.9 Å². The number of benzene rings is 1. The topological polar surface area (TPSA) is 37.8 Å². The second-order valence-electron chi connectivity index (χ2n) is 4.56. The van der Waals surface area contributed by atoms with Crippen molar-refractivity contribution in [2.45, 2.75) is 26.7 Å². The van der Waals surface area contributed by atoms with Gasteiger partial charge >= 0.3 is 0 Å². The van der Waals surface area contributed by atoms with Gasteiger partial charge in [0.1, 0.15) is 5.82 Å². The highest BCUT2D eigenvalue weighted by Gasteiger charge is 2.14. The van der Waals surface area contributed by atoms with E-state index in [1.807, 2.05) is 25.1 Å². The first-order chi connectivity index (χ1) is 10.1. The van der Waals surface area contributed by atoms with E-state index in [1.54, 1.807) is 0 Å². The smallest absolute Gasteiger partial charge is 0.163 e. The van der Waals surface area contributed by atoms with Crippen LogP contribution in [0, 0.1) is 0 Å². The van der Waals surface area contributed by atoms with Crippen molar-refractivity contribution in [1.29, 1.82) is 0 Å². The van der Waals surface area contributed by atoms with Gasteiger partial charge in [-0.3, -0.25) is 0 Å². The second-order valence-corrected chi connectivity index (χ2v) is 6.68. The highest BCUT2D eigenvalue weighted by atomic mass is 79.9. The quantitative estimate of drug-likeness (QED) is 0.657. The first-order valence-electron chi connectivity index (χ1n) is 6.82. The summed E-state index contributed by atoms with van der Waals surface area (Å²) in [5.74, 6) is 1.46. The van der Waals surface area contributed by atoms with E-state index in [4.69, 9.17) is 11.6 Å². The van der Waals surface area contributed by atoms with Crippen LogP contribution in [0.1, 0.15) is 26.0 Å². The molecule has 1 N–H and O–H groups in total. The van der Waals surface area contributed by atoms with Gasteiger partial charge in [-0.05, 0) is 47.5 Å². The Balaban J connectivity index is 2.56. The van der Waals surface area contributed by atoms with Crippen LogP contribution in [0.5, 0.6) is 0 Å². The minimum Gasteiger partial charge on any atom is -0.369 e. The third-order valence-electron chi connectivity index (χ3n) is 2.92. The fourth-order valence-electron chi connectivity index (χ4n) is 1.97. The molecule has 1 heterocycles. The third-order valence-corrected chi connectivity index (χ3v) is 4.56. The van der Waals surface area contributed by atoms with E-state index in [2.05, 4.69) is 54.1 Å². The molecule has 0 unspecified atom stereocenters. The van der Waals surface area contributed by atoms with Gasteiger partial charge in [0.15, 0.2) is 5.82 Å². The molecule has 1 aromatic heterocycles. The van der Waals surface area contributed by atoms with Crippen LogP contribution in [0.15, 0.2) is 27.1 Å². The molecular weight excluding hydrogens is 417 g/mol. The highest BCUT2D eigenvalue weighted by molar-refractivity contribution is 9.11. The maximum Gasteiger partial charge on any atom is 0.163 e. The van der Waals surface area contributed by atoms with E-state index in [1.165, 1.54) is 0 Å². The van der Waals surface area contributed by atoms with Crippen LogP contribution in [0.3, 0.4) is 0 Å². The Bertz CT molecular complexity index is 620. The summed E-state index contributed by atoms with van der Waals surface area (Å²) in [7, 11) is 0. The molecule has 0 atom stereocenters. The Morgan fingerprint density at radius 2 is 1.95 bits per heavy atom. The minimum atomic E-state index is 0.636. The molecule has 2 rings (SSSR count). The molecular formula is C15H16Br2ClN3. The van der Waals surface area contributed by atoms with Gasteiger partial charge in [-0.1, -0.05) is 40.9 Å². The lowest BCUT2D eigenvalue weighted by Gasteiger charge is -2.12. The average molecular weight is 434 g/mol. The second kappa shape index (κ2) is 7.56. The first-order valence-corrected chi connectivity index (χ1v) is 8.78. The summed E-state index contributed by atoms with van der Waals surface area (Å²) in [6.07, 6.45) is 1.91. The zero-order chi connectivity index (χ0) is 15.4. The molecule has 2 aromatic rings. The van der Waals surface area contributed by atoms with Crippen molar-refractivity contribution in [3.63, 3.8) is 0 Å². The van der Waals surface area contributed by atoms with E-state index in [0.717, 1.165) is 45.4 Å². The number of nitrogens with zero attached hydrogens (tertiary/aromatic N) is 2. The number of nitrogens with one attached hydrogen (secondary N) is 1. The molecule has 0 aliphatic heterocycles. The predicted molar refractivity (Wildman–Crippen MR) is 96.0 cm³/mol. The fourth-order valence-corrected chi connectivity index (χ4v) is 3.25.